The van der Waals surface area contributed by atoms with E-state index in [0.717, 1.165) is 11.3 Å². The van der Waals surface area contributed by atoms with Crippen LogP contribution in [0.3, 0.4) is 0 Å². The zero-order valence-corrected chi connectivity index (χ0v) is 18.0. The average molecular weight is 431 g/mol. The molecule has 2 aliphatic rings. The Morgan fingerprint density at radius 2 is 1.77 bits per heavy atom. The van der Waals surface area contributed by atoms with Crippen LogP contribution in [0.4, 0.5) is 5.69 Å². The van der Waals surface area contributed by atoms with E-state index < -0.39 is 15.9 Å². The molecule has 2 aromatic rings. The molecular weight excluding hydrogens is 404 g/mol. The van der Waals surface area contributed by atoms with Crippen LogP contribution in [0.25, 0.3) is 0 Å². The molecule has 4 rings (SSSR count). The van der Waals surface area contributed by atoms with Gasteiger partial charge < -0.3 is 14.4 Å². The van der Waals surface area contributed by atoms with Crippen LogP contribution in [0.5, 0.6) is 11.5 Å². The number of hydrogen-bond donors (Lipinski definition) is 0. The fourth-order valence-electron chi connectivity index (χ4n) is 4.47. The van der Waals surface area contributed by atoms with Gasteiger partial charge in [-0.1, -0.05) is 24.3 Å². The van der Waals surface area contributed by atoms with Crippen molar-refractivity contribution < 1.29 is 22.7 Å². The third-order valence-electron chi connectivity index (χ3n) is 5.89. The number of methoxy groups -OCH3 is 2. The number of benzene rings is 2. The van der Waals surface area contributed by atoms with E-state index in [4.69, 9.17) is 9.47 Å². The summed E-state index contributed by atoms with van der Waals surface area (Å²) in [6.07, 6.45) is 0.680. The SMILES string of the molecule is COc1cccc(N2C(=O)CN(CCc3ccccc3OC)[C@H]3CS(=O)(=O)C[C@H]32)c1. The molecule has 7 nitrogen and oxygen atoms in total. The van der Waals surface area contributed by atoms with E-state index in [1.807, 2.05) is 41.3 Å². The lowest BCUT2D eigenvalue weighted by Gasteiger charge is -2.43. The first-order valence-electron chi connectivity index (χ1n) is 9.94. The molecule has 160 valence electrons. The highest BCUT2D eigenvalue weighted by Crippen LogP contribution is 2.33. The Kier molecular flexibility index (Phi) is 5.71. The quantitative estimate of drug-likeness (QED) is 0.695. The molecule has 0 N–H and O–H groups in total. The highest BCUT2D eigenvalue weighted by atomic mass is 32.2. The normalized spacial score (nSPS) is 23.3. The van der Waals surface area contributed by atoms with E-state index >= 15 is 0 Å². The molecule has 2 atom stereocenters. The molecule has 0 radical (unpaired) electrons. The molecule has 0 bridgehead atoms. The Hall–Kier alpha value is -2.58. The van der Waals surface area contributed by atoms with Crippen LogP contribution in [0.1, 0.15) is 5.56 Å². The maximum atomic E-state index is 13.1. The second-order valence-electron chi connectivity index (χ2n) is 7.71. The van der Waals surface area contributed by atoms with Crippen LogP contribution >= 0.6 is 0 Å². The second-order valence-corrected chi connectivity index (χ2v) is 9.86. The predicted octanol–water partition coefficient (Wildman–Crippen LogP) is 1.76. The van der Waals surface area contributed by atoms with Crippen LogP contribution in [0.2, 0.25) is 0 Å². The molecule has 1 amide bonds. The summed E-state index contributed by atoms with van der Waals surface area (Å²) >= 11 is 0. The van der Waals surface area contributed by atoms with Gasteiger partial charge in [0.15, 0.2) is 9.84 Å². The van der Waals surface area contributed by atoms with Crippen molar-refractivity contribution in [2.24, 2.45) is 0 Å². The van der Waals surface area contributed by atoms with Crippen molar-refractivity contribution in [1.29, 1.82) is 0 Å². The number of anilines is 1. The number of piperazine rings is 1. The Labute approximate surface area is 177 Å². The number of carbonyl (C=O) groups excluding carboxylic acids is 1. The number of amides is 1. The van der Waals surface area contributed by atoms with Gasteiger partial charge in [-0.15, -0.1) is 0 Å². The van der Waals surface area contributed by atoms with E-state index in [1.165, 1.54) is 0 Å². The minimum Gasteiger partial charge on any atom is -0.497 e. The summed E-state index contributed by atoms with van der Waals surface area (Å²) in [5, 5.41) is 0. The molecule has 2 heterocycles. The number of rotatable bonds is 6. The predicted molar refractivity (Wildman–Crippen MR) is 115 cm³/mol. The summed E-state index contributed by atoms with van der Waals surface area (Å²) in [6, 6.07) is 14.4. The Morgan fingerprint density at radius 3 is 2.53 bits per heavy atom. The number of carbonyl (C=O) groups is 1. The molecule has 2 saturated heterocycles. The summed E-state index contributed by atoms with van der Waals surface area (Å²) in [5.74, 6) is 1.38. The third kappa shape index (κ3) is 4.02. The van der Waals surface area contributed by atoms with E-state index in [-0.39, 0.29) is 30.0 Å². The number of sulfone groups is 1. The van der Waals surface area contributed by atoms with Gasteiger partial charge in [0.05, 0.1) is 38.3 Å². The third-order valence-corrected chi connectivity index (χ3v) is 7.59. The smallest absolute Gasteiger partial charge is 0.241 e. The molecule has 2 fully saturated rings. The van der Waals surface area contributed by atoms with Gasteiger partial charge in [-0.05, 0) is 30.2 Å². The molecule has 0 unspecified atom stereocenters. The van der Waals surface area contributed by atoms with E-state index in [1.54, 1.807) is 31.3 Å². The Morgan fingerprint density at radius 1 is 1.00 bits per heavy atom. The molecular formula is C22H26N2O5S. The monoisotopic (exact) mass is 430 g/mol. The number of para-hydroxylation sites is 1. The summed E-state index contributed by atoms with van der Waals surface area (Å²) < 4.78 is 35.7. The second kappa shape index (κ2) is 8.28. The van der Waals surface area contributed by atoms with Crippen molar-refractivity contribution in [3.63, 3.8) is 0 Å². The van der Waals surface area contributed by atoms with Gasteiger partial charge in [0.25, 0.3) is 0 Å². The average Bonchev–Trinajstić information content (AvgIpc) is 3.07. The molecule has 30 heavy (non-hydrogen) atoms. The van der Waals surface area contributed by atoms with Crippen molar-refractivity contribution in [3.8, 4) is 11.5 Å². The van der Waals surface area contributed by atoms with Gasteiger partial charge >= 0.3 is 0 Å². The fourth-order valence-corrected chi connectivity index (χ4v) is 6.45. The summed E-state index contributed by atoms with van der Waals surface area (Å²) in [5.41, 5.74) is 1.72. The zero-order chi connectivity index (χ0) is 21.3. The largest absolute Gasteiger partial charge is 0.497 e. The first kappa shape index (κ1) is 20.7. The number of ether oxygens (including phenoxy) is 2. The molecule has 2 aromatic carbocycles. The molecule has 0 spiro atoms. The van der Waals surface area contributed by atoms with Crippen molar-refractivity contribution in [3.05, 3.63) is 54.1 Å². The Balaban J connectivity index is 1.59. The first-order valence-corrected chi connectivity index (χ1v) is 11.8. The number of nitrogens with zero attached hydrogens (tertiary/aromatic N) is 2. The van der Waals surface area contributed by atoms with E-state index in [0.29, 0.717) is 24.4 Å². The molecule has 8 heteroatoms. The van der Waals surface area contributed by atoms with Crippen LogP contribution in [0, 0.1) is 0 Å². The van der Waals surface area contributed by atoms with Crippen molar-refractivity contribution >= 4 is 21.4 Å². The van der Waals surface area contributed by atoms with Crippen molar-refractivity contribution in [2.45, 2.75) is 18.5 Å². The summed E-state index contributed by atoms with van der Waals surface area (Å²) in [6.45, 7) is 0.776. The maximum Gasteiger partial charge on any atom is 0.241 e. The molecule has 0 saturated carbocycles. The lowest BCUT2D eigenvalue weighted by Crippen LogP contribution is -2.62. The maximum absolute atomic E-state index is 13.1. The first-order chi connectivity index (χ1) is 14.4. The van der Waals surface area contributed by atoms with Crippen LogP contribution in [-0.4, -0.2) is 70.1 Å². The van der Waals surface area contributed by atoms with Crippen LogP contribution in [0.15, 0.2) is 48.5 Å². The highest BCUT2D eigenvalue weighted by molar-refractivity contribution is 7.91. The minimum absolute atomic E-state index is 0.0220. The minimum atomic E-state index is -3.23. The van der Waals surface area contributed by atoms with Crippen LogP contribution < -0.4 is 14.4 Å². The lowest BCUT2D eigenvalue weighted by molar-refractivity contribution is -0.123. The van der Waals surface area contributed by atoms with Gasteiger partial charge in [-0.25, -0.2) is 8.42 Å². The molecule has 2 aliphatic heterocycles. The fraction of sp³-hybridized carbons (Fsp3) is 0.409. The van der Waals surface area contributed by atoms with E-state index in [2.05, 4.69) is 0 Å². The molecule has 0 aromatic heterocycles. The van der Waals surface area contributed by atoms with Gasteiger partial charge in [0.2, 0.25) is 5.91 Å². The number of hydrogen-bond acceptors (Lipinski definition) is 6. The lowest BCUT2D eigenvalue weighted by atomic mass is 10.0. The van der Waals surface area contributed by atoms with Gasteiger partial charge in [-0.2, -0.15) is 0 Å². The Bertz CT molecular complexity index is 1040. The van der Waals surface area contributed by atoms with Gasteiger partial charge in [0, 0.05) is 24.3 Å². The zero-order valence-electron chi connectivity index (χ0n) is 17.2. The number of fused-ring (bicyclic) bond motifs is 1. The summed E-state index contributed by atoms with van der Waals surface area (Å²) in [4.78, 5) is 16.8. The van der Waals surface area contributed by atoms with Crippen molar-refractivity contribution in [1.82, 2.24) is 4.90 Å². The van der Waals surface area contributed by atoms with Crippen molar-refractivity contribution in [2.75, 3.05) is 43.7 Å². The van der Waals surface area contributed by atoms with Crippen LogP contribution in [-0.2, 0) is 21.1 Å². The topological polar surface area (TPSA) is 76.2 Å². The standard InChI is InChI=1S/C22H26N2O5S/c1-28-18-8-5-7-17(12-18)24-20-15-30(26,27)14-19(20)23(13-22(24)25)11-10-16-6-3-4-9-21(16)29-2/h3-9,12,19-20H,10-11,13-15H2,1-2H3/t19-,20+/m0/s1. The highest BCUT2D eigenvalue weighted by Gasteiger charge is 2.49. The van der Waals surface area contributed by atoms with Gasteiger partial charge in [0.1, 0.15) is 11.5 Å². The van der Waals surface area contributed by atoms with E-state index in [9.17, 15) is 13.2 Å². The summed E-state index contributed by atoms with van der Waals surface area (Å²) in [7, 11) is -0.0263. The van der Waals surface area contributed by atoms with Gasteiger partial charge in [-0.3, -0.25) is 9.69 Å². The molecule has 0 aliphatic carbocycles.